The van der Waals surface area contributed by atoms with Gasteiger partial charge in [-0.15, -0.1) is 0 Å². The van der Waals surface area contributed by atoms with Gasteiger partial charge in [0.05, 0.1) is 12.6 Å². The van der Waals surface area contributed by atoms with Gasteiger partial charge in [0.1, 0.15) is 6.04 Å². The second-order valence-electron chi connectivity index (χ2n) is 11.9. The molecule has 9 nitrogen and oxygen atoms in total. The Labute approximate surface area is 228 Å². The molecule has 2 aromatic rings. The fraction of sp³-hybridized carbons (Fsp3) is 0.500. The summed E-state index contributed by atoms with van der Waals surface area (Å²) in [6.07, 6.45) is 7.05. The lowest BCUT2D eigenvalue weighted by molar-refractivity contribution is -0.133. The summed E-state index contributed by atoms with van der Waals surface area (Å²) in [4.78, 5) is 36.7. The van der Waals surface area contributed by atoms with E-state index in [4.69, 9.17) is 5.21 Å². The average molecular weight is 535 g/mol. The van der Waals surface area contributed by atoms with Crippen LogP contribution in [0.2, 0.25) is 0 Å². The number of hydrogen-bond donors (Lipinski definition) is 6. The van der Waals surface area contributed by atoms with Crippen LogP contribution in [0.3, 0.4) is 0 Å². The smallest absolute Gasteiger partial charge is 0.268 e. The number of nitrogens with one attached hydrogen (secondary N) is 4. The van der Waals surface area contributed by atoms with Crippen LogP contribution in [0.15, 0.2) is 48.5 Å². The minimum Gasteiger partial charge on any atom is -0.391 e. The largest absolute Gasteiger partial charge is 0.391 e. The van der Waals surface area contributed by atoms with E-state index in [-0.39, 0.29) is 5.91 Å². The molecule has 4 saturated carbocycles. The number of aliphatic hydroxyl groups is 1. The van der Waals surface area contributed by atoms with Crippen molar-refractivity contribution in [3.8, 4) is 11.1 Å². The molecule has 6 rings (SSSR count). The van der Waals surface area contributed by atoms with E-state index in [1.807, 2.05) is 24.3 Å². The van der Waals surface area contributed by atoms with Crippen molar-refractivity contribution < 1.29 is 24.7 Å². The van der Waals surface area contributed by atoms with Crippen LogP contribution in [0.4, 0.5) is 5.69 Å². The normalized spacial score (nSPS) is 26.5. The standard InChI is InChI=1S/C30H38N4O5/c1-18(35)27(29(38)34-39)33-28(37)24-4-2-22(3-5-24)23-6-8-25(9-7-23)32-26(36)16-31-17-30-13-19-10-20(14-30)12-21(11-19)15-30/h2-9,18-21,27,31,35,39H,10-17H2,1H3,(H,32,36)(H,33,37)(H,34,38)/t18-,19?,20?,21?,27+,30?/m1/s1. The Kier molecular flexibility index (Phi) is 8.02. The van der Waals surface area contributed by atoms with Gasteiger partial charge in [-0.1, -0.05) is 24.3 Å². The van der Waals surface area contributed by atoms with Crippen LogP contribution in [0.1, 0.15) is 55.8 Å². The Morgan fingerprint density at radius 1 is 0.897 bits per heavy atom. The zero-order valence-corrected chi connectivity index (χ0v) is 22.3. The number of benzene rings is 2. The quantitative estimate of drug-likeness (QED) is 0.205. The second kappa shape index (κ2) is 11.5. The van der Waals surface area contributed by atoms with Crippen LogP contribution in [0, 0.1) is 23.2 Å². The van der Waals surface area contributed by atoms with E-state index < -0.39 is 24.0 Å². The van der Waals surface area contributed by atoms with Gasteiger partial charge in [0, 0.05) is 17.8 Å². The van der Waals surface area contributed by atoms with Gasteiger partial charge in [0.25, 0.3) is 11.8 Å². The summed E-state index contributed by atoms with van der Waals surface area (Å²) < 4.78 is 0. The van der Waals surface area contributed by atoms with E-state index in [0.717, 1.165) is 41.1 Å². The number of aliphatic hydroxyl groups excluding tert-OH is 1. The van der Waals surface area contributed by atoms with Crippen molar-refractivity contribution in [1.29, 1.82) is 0 Å². The van der Waals surface area contributed by atoms with Crippen molar-refractivity contribution in [2.24, 2.45) is 23.2 Å². The number of anilines is 1. The van der Waals surface area contributed by atoms with Crippen molar-refractivity contribution in [2.45, 2.75) is 57.6 Å². The molecule has 4 aliphatic rings. The molecule has 9 heteroatoms. The Morgan fingerprint density at radius 2 is 1.44 bits per heavy atom. The summed E-state index contributed by atoms with van der Waals surface area (Å²) in [6, 6.07) is 13.0. The molecule has 4 fully saturated rings. The molecule has 0 heterocycles. The van der Waals surface area contributed by atoms with Gasteiger partial charge in [-0.05, 0) is 104 Å². The van der Waals surface area contributed by atoms with Gasteiger partial charge in [0.2, 0.25) is 5.91 Å². The van der Waals surface area contributed by atoms with Crippen molar-refractivity contribution >= 4 is 23.4 Å². The summed E-state index contributed by atoms with van der Waals surface area (Å²) in [5.41, 5.74) is 4.67. The molecule has 2 atom stereocenters. The first-order chi connectivity index (χ1) is 18.7. The third kappa shape index (κ3) is 6.32. The molecule has 0 aromatic heterocycles. The van der Waals surface area contributed by atoms with Crippen molar-refractivity contribution in [1.82, 2.24) is 16.1 Å². The molecule has 4 aliphatic carbocycles. The average Bonchev–Trinajstić information content (AvgIpc) is 2.90. The van der Waals surface area contributed by atoms with Crippen LogP contribution in [-0.4, -0.2) is 53.3 Å². The zero-order chi connectivity index (χ0) is 27.6. The van der Waals surface area contributed by atoms with E-state index in [2.05, 4.69) is 16.0 Å². The predicted octanol–water partition coefficient (Wildman–Crippen LogP) is 3.08. The summed E-state index contributed by atoms with van der Waals surface area (Å²) in [6.45, 7) is 2.59. The summed E-state index contributed by atoms with van der Waals surface area (Å²) in [7, 11) is 0. The monoisotopic (exact) mass is 534 g/mol. The number of carbonyl (C=O) groups is 3. The molecule has 0 aliphatic heterocycles. The number of rotatable bonds is 10. The number of carbonyl (C=O) groups excluding carboxylic acids is 3. The van der Waals surface area contributed by atoms with Gasteiger partial charge < -0.3 is 21.1 Å². The van der Waals surface area contributed by atoms with Gasteiger partial charge in [-0.2, -0.15) is 0 Å². The molecule has 0 unspecified atom stereocenters. The maximum absolute atomic E-state index is 12.6. The highest BCUT2D eigenvalue weighted by molar-refractivity contribution is 5.98. The molecular weight excluding hydrogens is 496 g/mol. The molecule has 39 heavy (non-hydrogen) atoms. The van der Waals surface area contributed by atoms with E-state index in [0.29, 0.717) is 17.5 Å². The van der Waals surface area contributed by atoms with E-state index in [1.165, 1.54) is 50.9 Å². The summed E-state index contributed by atoms with van der Waals surface area (Å²) >= 11 is 0. The van der Waals surface area contributed by atoms with Crippen molar-refractivity contribution in [3.63, 3.8) is 0 Å². The molecule has 3 amide bonds. The van der Waals surface area contributed by atoms with E-state index >= 15 is 0 Å². The van der Waals surface area contributed by atoms with Gasteiger partial charge in [0.15, 0.2) is 0 Å². The van der Waals surface area contributed by atoms with E-state index in [9.17, 15) is 19.5 Å². The van der Waals surface area contributed by atoms with Crippen LogP contribution in [0.5, 0.6) is 0 Å². The summed E-state index contributed by atoms with van der Waals surface area (Å²) in [5, 5.41) is 27.3. The lowest BCUT2D eigenvalue weighted by Gasteiger charge is -2.57. The molecule has 6 N–H and O–H groups in total. The maximum atomic E-state index is 12.6. The third-order valence-corrected chi connectivity index (χ3v) is 8.76. The minimum atomic E-state index is -1.28. The summed E-state index contributed by atoms with van der Waals surface area (Å²) in [5.74, 6) is 1.21. The molecule has 0 spiro atoms. The predicted molar refractivity (Wildman–Crippen MR) is 147 cm³/mol. The first-order valence-corrected chi connectivity index (χ1v) is 13.9. The van der Waals surface area contributed by atoms with Crippen LogP contribution in [-0.2, 0) is 9.59 Å². The first-order valence-electron chi connectivity index (χ1n) is 13.9. The van der Waals surface area contributed by atoms with Gasteiger partial charge in [-0.25, -0.2) is 5.48 Å². The SMILES string of the molecule is C[C@@H](O)[C@H](NC(=O)c1ccc(-c2ccc(NC(=O)CNCC34CC5CC(CC(C5)C3)C4)cc2)cc1)C(=O)NO. The fourth-order valence-corrected chi connectivity index (χ4v) is 7.41. The zero-order valence-electron chi connectivity index (χ0n) is 22.3. The number of amides is 3. The molecule has 0 radical (unpaired) electrons. The minimum absolute atomic E-state index is 0.0479. The molecule has 4 bridgehead atoms. The Hall–Kier alpha value is -3.27. The van der Waals surface area contributed by atoms with Crippen LogP contribution < -0.4 is 21.4 Å². The Balaban J connectivity index is 1.10. The highest BCUT2D eigenvalue weighted by Crippen LogP contribution is 2.59. The molecular formula is C30H38N4O5. The fourth-order valence-electron chi connectivity index (χ4n) is 7.41. The number of hydrogen-bond acceptors (Lipinski definition) is 6. The van der Waals surface area contributed by atoms with Gasteiger partial charge in [-0.3, -0.25) is 19.6 Å². The van der Waals surface area contributed by atoms with Crippen LogP contribution >= 0.6 is 0 Å². The topological polar surface area (TPSA) is 140 Å². The first kappa shape index (κ1) is 27.3. The Morgan fingerprint density at radius 3 is 1.95 bits per heavy atom. The van der Waals surface area contributed by atoms with E-state index in [1.54, 1.807) is 24.3 Å². The molecule has 208 valence electrons. The van der Waals surface area contributed by atoms with Crippen molar-refractivity contribution in [2.75, 3.05) is 18.4 Å². The van der Waals surface area contributed by atoms with Gasteiger partial charge >= 0.3 is 0 Å². The highest BCUT2D eigenvalue weighted by Gasteiger charge is 2.50. The lowest BCUT2D eigenvalue weighted by Crippen LogP contribution is -2.51. The lowest BCUT2D eigenvalue weighted by atomic mass is 9.49. The van der Waals surface area contributed by atoms with Crippen LogP contribution in [0.25, 0.3) is 11.1 Å². The number of hydroxylamine groups is 1. The molecule has 2 aromatic carbocycles. The molecule has 0 saturated heterocycles. The highest BCUT2D eigenvalue weighted by atomic mass is 16.5. The van der Waals surface area contributed by atoms with Crippen molar-refractivity contribution in [3.05, 3.63) is 54.1 Å². The Bertz CT molecular complexity index is 1160. The maximum Gasteiger partial charge on any atom is 0.268 e. The second-order valence-corrected chi connectivity index (χ2v) is 11.9. The third-order valence-electron chi connectivity index (χ3n) is 8.76.